The summed E-state index contributed by atoms with van der Waals surface area (Å²) in [5, 5.41) is 0. The van der Waals surface area contributed by atoms with Crippen LogP contribution in [0.3, 0.4) is 0 Å². The number of piperazine rings is 1. The molecule has 0 saturated carbocycles. The van der Waals surface area contributed by atoms with Crippen LogP contribution in [0.25, 0.3) is 0 Å². The van der Waals surface area contributed by atoms with Gasteiger partial charge in [0.15, 0.2) is 0 Å². The molecule has 1 atom stereocenters. The molecule has 3 rings (SSSR count). The summed E-state index contributed by atoms with van der Waals surface area (Å²) < 4.78 is 0. The van der Waals surface area contributed by atoms with Gasteiger partial charge in [-0.15, -0.1) is 0 Å². The smallest absolute Gasteiger partial charge is 0.225 e. The molecule has 0 radical (unpaired) electrons. The lowest BCUT2D eigenvalue weighted by atomic mass is 10.1. The summed E-state index contributed by atoms with van der Waals surface area (Å²) in [6.45, 7) is 8.37. The molecule has 21 heavy (non-hydrogen) atoms. The van der Waals surface area contributed by atoms with Crippen molar-refractivity contribution in [2.75, 3.05) is 31.1 Å². The minimum Gasteiger partial charge on any atom is -0.338 e. The Morgan fingerprint density at radius 2 is 1.71 bits per heavy atom. The maximum atomic E-state index is 4.52. The fourth-order valence-electron chi connectivity index (χ4n) is 2.84. The molecule has 1 aliphatic rings. The first-order valence-corrected chi connectivity index (χ1v) is 7.57. The summed E-state index contributed by atoms with van der Waals surface area (Å²) in [5.41, 5.74) is 2.41. The van der Waals surface area contributed by atoms with Crippen molar-refractivity contribution in [2.24, 2.45) is 0 Å². The quantitative estimate of drug-likeness (QED) is 0.866. The summed E-state index contributed by atoms with van der Waals surface area (Å²) in [6.07, 6.45) is 1.84. The Balaban J connectivity index is 1.63. The third-order valence-electron chi connectivity index (χ3n) is 4.21. The van der Waals surface area contributed by atoms with Gasteiger partial charge in [-0.3, -0.25) is 4.90 Å². The van der Waals surface area contributed by atoms with E-state index in [9.17, 15) is 0 Å². The molecule has 4 heteroatoms. The van der Waals surface area contributed by atoms with Crippen molar-refractivity contribution < 1.29 is 0 Å². The summed E-state index contributed by atoms with van der Waals surface area (Å²) in [5.74, 6) is 0.863. The second kappa shape index (κ2) is 6.22. The predicted molar refractivity (Wildman–Crippen MR) is 85.4 cm³/mol. The van der Waals surface area contributed by atoms with Crippen LogP contribution in [0.15, 0.2) is 42.6 Å². The van der Waals surface area contributed by atoms with Gasteiger partial charge in [-0.05, 0) is 25.5 Å². The average Bonchev–Trinajstić information content (AvgIpc) is 2.55. The second-order valence-electron chi connectivity index (χ2n) is 5.61. The SMILES string of the molecule is Cc1ccnc(N2CCN(C(C)c3ccccc3)CC2)n1. The van der Waals surface area contributed by atoms with Gasteiger partial charge in [-0.25, -0.2) is 9.97 Å². The van der Waals surface area contributed by atoms with Gasteiger partial charge < -0.3 is 4.90 Å². The highest BCUT2D eigenvalue weighted by Crippen LogP contribution is 2.22. The summed E-state index contributed by atoms with van der Waals surface area (Å²) in [7, 11) is 0. The Kier molecular flexibility index (Phi) is 4.15. The van der Waals surface area contributed by atoms with Crippen LogP contribution in [0.4, 0.5) is 5.95 Å². The monoisotopic (exact) mass is 282 g/mol. The molecule has 110 valence electrons. The Labute approximate surface area is 126 Å². The molecule has 0 bridgehead atoms. The van der Waals surface area contributed by atoms with Gasteiger partial charge in [0.1, 0.15) is 0 Å². The van der Waals surface area contributed by atoms with Crippen LogP contribution in [-0.4, -0.2) is 41.0 Å². The highest BCUT2D eigenvalue weighted by molar-refractivity contribution is 5.31. The zero-order valence-corrected chi connectivity index (χ0v) is 12.7. The third-order valence-corrected chi connectivity index (χ3v) is 4.21. The van der Waals surface area contributed by atoms with E-state index in [4.69, 9.17) is 0 Å². The first kappa shape index (κ1) is 14.0. The zero-order chi connectivity index (χ0) is 14.7. The molecule has 1 aromatic heterocycles. The van der Waals surface area contributed by atoms with Gasteiger partial charge in [-0.1, -0.05) is 30.3 Å². The normalized spacial score (nSPS) is 17.7. The van der Waals surface area contributed by atoms with Crippen LogP contribution in [0.2, 0.25) is 0 Å². The molecular formula is C17H22N4. The molecule has 1 aliphatic heterocycles. The van der Waals surface area contributed by atoms with Crippen molar-refractivity contribution >= 4 is 5.95 Å². The molecule has 1 fully saturated rings. The van der Waals surface area contributed by atoms with E-state index in [0.29, 0.717) is 6.04 Å². The van der Waals surface area contributed by atoms with Crippen LogP contribution >= 0.6 is 0 Å². The van der Waals surface area contributed by atoms with E-state index in [1.54, 1.807) is 0 Å². The van der Waals surface area contributed by atoms with Crippen LogP contribution in [0, 0.1) is 6.92 Å². The molecular weight excluding hydrogens is 260 g/mol. The number of aromatic nitrogens is 2. The number of nitrogens with zero attached hydrogens (tertiary/aromatic N) is 4. The lowest BCUT2D eigenvalue weighted by Crippen LogP contribution is -2.47. The van der Waals surface area contributed by atoms with Gasteiger partial charge in [-0.2, -0.15) is 0 Å². The van der Waals surface area contributed by atoms with E-state index in [0.717, 1.165) is 37.8 Å². The van der Waals surface area contributed by atoms with Gasteiger partial charge in [0.2, 0.25) is 5.95 Å². The first-order chi connectivity index (χ1) is 10.2. The molecule has 2 aromatic rings. The molecule has 4 nitrogen and oxygen atoms in total. The van der Waals surface area contributed by atoms with Gasteiger partial charge in [0.25, 0.3) is 0 Å². The lowest BCUT2D eigenvalue weighted by Gasteiger charge is -2.38. The largest absolute Gasteiger partial charge is 0.338 e. The van der Waals surface area contributed by atoms with E-state index in [1.807, 2.05) is 19.2 Å². The van der Waals surface area contributed by atoms with Crippen LogP contribution < -0.4 is 4.90 Å². The van der Waals surface area contributed by atoms with E-state index in [2.05, 4.69) is 57.0 Å². The molecule has 0 aliphatic carbocycles. The Bertz CT molecular complexity index is 576. The third kappa shape index (κ3) is 3.22. The molecule has 0 spiro atoms. The zero-order valence-electron chi connectivity index (χ0n) is 12.7. The molecule has 1 aromatic carbocycles. The number of rotatable bonds is 3. The second-order valence-corrected chi connectivity index (χ2v) is 5.61. The maximum Gasteiger partial charge on any atom is 0.225 e. The van der Waals surface area contributed by atoms with E-state index in [-0.39, 0.29) is 0 Å². The van der Waals surface area contributed by atoms with Crippen molar-refractivity contribution in [3.63, 3.8) is 0 Å². The van der Waals surface area contributed by atoms with Crippen molar-refractivity contribution in [3.05, 3.63) is 53.9 Å². The Morgan fingerprint density at radius 1 is 1.00 bits per heavy atom. The predicted octanol–water partition coefficient (Wildman–Crippen LogP) is 2.67. The van der Waals surface area contributed by atoms with Gasteiger partial charge in [0, 0.05) is 44.1 Å². The minimum atomic E-state index is 0.465. The molecule has 2 heterocycles. The van der Waals surface area contributed by atoms with Crippen molar-refractivity contribution in [1.82, 2.24) is 14.9 Å². The number of hydrogen-bond acceptors (Lipinski definition) is 4. The number of anilines is 1. The highest BCUT2D eigenvalue weighted by Gasteiger charge is 2.23. The van der Waals surface area contributed by atoms with Gasteiger partial charge >= 0.3 is 0 Å². The van der Waals surface area contributed by atoms with Gasteiger partial charge in [0.05, 0.1) is 0 Å². The van der Waals surface area contributed by atoms with Crippen LogP contribution in [0.5, 0.6) is 0 Å². The fraction of sp³-hybridized carbons (Fsp3) is 0.412. The summed E-state index contributed by atoms with van der Waals surface area (Å²) in [6, 6.07) is 13.1. The van der Waals surface area contributed by atoms with E-state index < -0.39 is 0 Å². The molecule has 0 N–H and O–H groups in total. The standard InChI is InChI=1S/C17H22N4/c1-14-8-9-18-17(19-14)21-12-10-20(11-13-21)15(2)16-6-4-3-5-7-16/h3-9,15H,10-13H2,1-2H3. The summed E-state index contributed by atoms with van der Waals surface area (Å²) in [4.78, 5) is 13.7. The topological polar surface area (TPSA) is 32.3 Å². The van der Waals surface area contributed by atoms with Crippen LogP contribution in [-0.2, 0) is 0 Å². The van der Waals surface area contributed by atoms with Crippen molar-refractivity contribution in [3.8, 4) is 0 Å². The molecule has 0 amide bonds. The fourth-order valence-corrected chi connectivity index (χ4v) is 2.84. The van der Waals surface area contributed by atoms with E-state index in [1.165, 1.54) is 5.56 Å². The number of hydrogen-bond donors (Lipinski definition) is 0. The lowest BCUT2D eigenvalue weighted by molar-refractivity contribution is 0.198. The average molecular weight is 282 g/mol. The first-order valence-electron chi connectivity index (χ1n) is 7.57. The number of benzene rings is 1. The minimum absolute atomic E-state index is 0.465. The highest BCUT2D eigenvalue weighted by atomic mass is 15.3. The van der Waals surface area contributed by atoms with Crippen molar-refractivity contribution in [1.29, 1.82) is 0 Å². The van der Waals surface area contributed by atoms with E-state index >= 15 is 0 Å². The Hall–Kier alpha value is -1.94. The molecule has 1 unspecified atom stereocenters. The number of aryl methyl sites for hydroxylation is 1. The maximum absolute atomic E-state index is 4.52. The Morgan fingerprint density at radius 3 is 2.38 bits per heavy atom. The molecule has 1 saturated heterocycles. The van der Waals surface area contributed by atoms with Crippen molar-refractivity contribution in [2.45, 2.75) is 19.9 Å². The van der Waals surface area contributed by atoms with Crippen LogP contribution in [0.1, 0.15) is 24.2 Å². The summed E-state index contributed by atoms with van der Waals surface area (Å²) >= 11 is 0.